The highest BCUT2D eigenvalue weighted by molar-refractivity contribution is 6.03. The third kappa shape index (κ3) is 3.20. The quantitative estimate of drug-likeness (QED) is 0.557. The number of nitrogens with zero attached hydrogens (tertiary/aromatic N) is 2. The van der Waals surface area contributed by atoms with Gasteiger partial charge in [-0.05, 0) is 58.0 Å². The largest absolute Gasteiger partial charge is 0.296 e. The Labute approximate surface area is 155 Å². The van der Waals surface area contributed by atoms with Crippen molar-refractivity contribution < 1.29 is 14.4 Å². The minimum absolute atomic E-state index is 0.212. The van der Waals surface area contributed by atoms with Crippen molar-refractivity contribution in [2.45, 2.75) is 38.1 Å². The Hall–Kier alpha value is -2.01. The summed E-state index contributed by atoms with van der Waals surface area (Å²) in [4.78, 5) is 40.6. The van der Waals surface area contributed by atoms with Gasteiger partial charge < -0.3 is 0 Å². The molecule has 5 heteroatoms. The van der Waals surface area contributed by atoms with E-state index < -0.39 is 5.54 Å². The summed E-state index contributed by atoms with van der Waals surface area (Å²) in [5.41, 5.74) is -0.254. The fourth-order valence-electron chi connectivity index (χ4n) is 4.93. The van der Waals surface area contributed by atoms with Crippen LogP contribution in [0.1, 0.15) is 43.0 Å². The predicted octanol–water partition coefficient (Wildman–Crippen LogP) is 2.61. The number of rotatable bonds is 7. The van der Waals surface area contributed by atoms with Crippen LogP contribution in [0.15, 0.2) is 30.3 Å². The monoisotopic (exact) mass is 356 g/mol. The fourth-order valence-corrected chi connectivity index (χ4v) is 4.93. The molecule has 2 bridgehead atoms. The lowest BCUT2D eigenvalue weighted by molar-refractivity contribution is -0.150. The van der Waals surface area contributed by atoms with E-state index in [-0.39, 0.29) is 24.2 Å². The summed E-state index contributed by atoms with van der Waals surface area (Å²) < 4.78 is 0. The molecular weight excluding hydrogens is 328 g/mol. The van der Waals surface area contributed by atoms with Crippen molar-refractivity contribution in [2.24, 2.45) is 17.8 Å². The normalized spacial score (nSPS) is 26.5. The highest BCUT2D eigenvalue weighted by Gasteiger charge is 2.54. The summed E-state index contributed by atoms with van der Waals surface area (Å²) in [5, 5.41) is 0. The van der Waals surface area contributed by atoms with Gasteiger partial charge in [-0.2, -0.15) is 0 Å². The van der Waals surface area contributed by atoms with Crippen LogP contribution in [0.25, 0.3) is 0 Å². The van der Waals surface area contributed by atoms with E-state index in [9.17, 15) is 14.4 Å². The van der Waals surface area contributed by atoms with Gasteiger partial charge in [-0.3, -0.25) is 24.2 Å². The molecule has 0 spiro atoms. The van der Waals surface area contributed by atoms with Crippen LogP contribution in [0.2, 0.25) is 0 Å². The molecule has 2 unspecified atom stereocenters. The molecule has 2 fully saturated rings. The van der Waals surface area contributed by atoms with Crippen LogP contribution in [0.4, 0.5) is 0 Å². The zero-order valence-corrected chi connectivity index (χ0v) is 15.9. The lowest BCUT2D eigenvalue weighted by Crippen LogP contribution is -2.61. The van der Waals surface area contributed by atoms with Gasteiger partial charge in [0.05, 0.1) is 6.54 Å². The van der Waals surface area contributed by atoms with E-state index in [0.29, 0.717) is 23.8 Å². The van der Waals surface area contributed by atoms with Crippen molar-refractivity contribution in [3.05, 3.63) is 35.9 Å². The van der Waals surface area contributed by atoms with Crippen molar-refractivity contribution in [2.75, 3.05) is 20.6 Å². The van der Waals surface area contributed by atoms with Crippen LogP contribution in [0, 0.1) is 17.8 Å². The summed E-state index contributed by atoms with van der Waals surface area (Å²) >= 11 is 0. The third-order valence-electron chi connectivity index (χ3n) is 6.62. The predicted molar refractivity (Wildman–Crippen MR) is 99.6 cm³/mol. The summed E-state index contributed by atoms with van der Waals surface area (Å²) in [6, 6.07) is 8.80. The Balaban J connectivity index is 1.81. The lowest BCUT2D eigenvalue weighted by atomic mass is 9.73. The van der Waals surface area contributed by atoms with E-state index in [1.165, 1.54) is 12.8 Å². The summed E-state index contributed by atoms with van der Waals surface area (Å²) in [7, 11) is 3.79. The van der Waals surface area contributed by atoms with Crippen molar-refractivity contribution in [3.63, 3.8) is 0 Å². The molecule has 2 aliphatic rings. The van der Waals surface area contributed by atoms with E-state index in [1.807, 2.05) is 32.0 Å². The molecule has 26 heavy (non-hydrogen) atoms. The number of benzene rings is 1. The molecule has 0 saturated heterocycles. The maximum absolute atomic E-state index is 13.4. The molecule has 1 aromatic carbocycles. The number of imide groups is 1. The average molecular weight is 356 g/mol. The van der Waals surface area contributed by atoms with E-state index in [1.54, 1.807) is 24.3 Å². The minimum Gasteiger partial charge on any atom is -0.296 e. The molecule has 0 heterocycles. The minimum atomic E-state index is -0.766. The lowest BCUT2D eigenvalue weighted by Gasteiger charge is -2.45. The molecule has 2 saturated carbocycles. The Morgan fingerprint density at radius 1 is 1.15 bits per heavy atom. The summed E-state index contributed by atoms with van der Waals surface area (Å²) in [6.45, 7) is 1.72. The molecule has 0 aliphatic heterocycles. The Morgan fingerprint density at radius 3 is 2.35 bits per heavy atom. The smallest absolute Gasteiger partial charge is 0.249 e. The maximum Gasteiger partial charge on any atom is 0.249 e. The average Bonchev–Trinajstić information content (AvgIpc) is 3.28. The first-order valence-electron chi connectivity index (χ1n) is 9.40. The van der Waals surface area contributed by atoms with Gasteiger partial charge in [0.1, 0.15) is 5.54 Å². The van der Waals surface area contributed by atoms with Gasteiger partial charge in [-0.15, -0.1) is 0 Å². The number of amides is 2. The molecule has 3 rings (SSSR count). The SMILES string of the molecule is CN(C)C(C)(C(=O)N(C=O)CC(=O)c1ccccc1)C1C[C@@H]2CC[C@@H]1C2. The fraction of sp³-hybridized carbons (Fsp3) is 0.571. The number of carbonyl (C=O) groups excluding carboxylic acids is 3. The molecule has 4 atom stereocenters. The topological polar surface area (TPSA) is 57.7 Å². The first-order chi connectivity index (χ1) is 12.4. The van der Waals surface area contributed by atoms with Crippen LogP contribution in [-0.2, 0) is 9.59 Å². The van der Waals surface area contributed by atoms with E-state index in [2.05, 4.69) is 0 Å². The summed E-state index contributed by atoms with van der Waals surface area (Å²) in [6.07, 6.45) is 5.15. The zero-order valence-electron chi connectivity index (χ0n) is 15.9. The van der Waals surface area contributed by atoms with Gasteiger partial charge in [-0.25, -0.2) is 0 Å². The van der Waals surface area contributed by atoms with E-state index >= 15 is 0 Å². The van der Waals surface area contributed by atoms with Crippen LogP contribution < -0.4 is 0 Å². The second-order valence-electron chi connectivity index (χ2n) is 8.15. The Bertz CT molecular complexity index is 688. The Kier molecular flexibility index (Phi) is 5.28. The van der Waals surface area contributed by atoms with Gasteiger partial charge in [0.15, 0.2) is 5.78 Å². The first kappa shape index (κ1) is 18.8. The number of Topliss-reactive ketones (excluding diaryl/α,β-unsaturated/α-hetero) is 1. The molecule has 2 amide bonds. The second kappa shape index (κ2) is 7.31. The number of hydrogen-bond donors (Lipinski definition) is 0. The van der Waals surface area contributed by atoms with E-state index in [0.717, 1.165) is 17.7 Å². The molecule has 0 aromatic heterocycles. The maximum atomic E-state index is 13.4. The molecule has 0 radical (unpaired) electrons. The van der Waals surface area contributed by atoms with Gasteiger partial charge in [0.25, 0.3) is 0 Å². The van der Waals surface area contributed by atoms with Gasteiger partial charge in [-0.1, -0.05) is 36.8 Å². The van der Waals surface area contributed by atoms with Crippen LogP contribution >= 0.6 is 0 Å². The number of ketones is 1. The van der Waals surface area contributed by atoms with Crippen LogP contribution in [-0.4, -0.2) is 54.1 Å². The molecule has 2 aliphatic carbocycles. The van der Waals surface area contributed by atoms with Gasteiger partial charge >= 0.3 is 0 Å². The molecule has 1 aromatic rings. The second-order valence-corrected chi connectivity index (χ2v) is 8.15. The van der Waals surface area contributed by atoms with Crippen LogP contribution in [0.3, 0.4) is 0 Å². The number of carbonyl (C=O) groups is 3. The highest BCUT2D eigenvalue weighted by Crippen LogP contribution is 2.53. The van der Waals surface area contributed by atoms with E-state index in [4.69, 9.17) is 0 Å². The van der Waals surface area contributed by atoms with Crippen molar-refractivity contribution in [1.82, 2.24) is 9.80 Å². The number of hydrogen-bond acceptors (Lipinski definition) is 4. The number of fused-ring (bicyclic) bond motifs is 2. The van der Waals surface area contributed by atoms with Gasteiger partial charge in [0.2, 0.25) is 12.3 Å². The standard InChI is InChI=1S/C21H28N2O3/c1-21(22(2)3,18-12-15-9-10-17(18)11-15)20(26)23(14-24)13-19(25)16-7-5-4-6-8-16/h4-8,14-15,17-18H,9-13H2,1-3H3/t15-,17-,18?,21?/m1/s1. The number of likely N-dealkylation sites (N-methyl/N-ethyl adjacent to an activating group) is 1. The molecule has 0 N–H and O–H groups in total. The van der Waals surface area contributed by atoms with Crippen LogP contribution in [0.5, 0.6) is 0 Å². The zero-order chi connectivity index (χ0) is 18.9. The van der Waals surface area contributed by atoms with Crippen molar-refractivity contribution >= 4 is 18.1 Å². The Morgan fingerprint density at radius 2 is 1.85 bits per heavy atom. The van der Waals surface area contributed by atoms with Crippen molar-refractivity contribution in [1.29, 1.82) is 0 Å². The molecule has 140 valence electrons. The highest BCUT2D eigenvalue weighted by atomic mass is 16.2. The third-order valence-corrected chi connectivity index (χ3v) is 6.62. The summed E-state index contributed by atoms with van der Waals surface area (Å²) in [5.74, 6) is 0.986. The van der Waals surface area contributed by atoms with Gasteiger partial charge in [0, 0.05) is 5.56 Å². The molecule has 5 nitrogen and oxygen atoms in total. The van der Waals surface area contributed by atoms with Crippen molar-refractivity contribution in [3.8, 4) is 0 Å². The molecular formula is C21H28N2O3. The first-order valence-corrected chi connectivity index (χ1v) is 9.40.